The number of hydrogen-bond acceptors (Lipinski definition) is 1. The van der Waals surface area contributed by atoms with E-state index in [4.69, 9.17) is 34.8 Å². The highest BCUT2D eigenvalue weighted by Gasteiger charge is 2.36. The third-order valence-corrected chi connectivity index (χ3v) is 3.29. The molecule has 0 bridgehead atoms. The standard InChI is InChI=1S/C16H18Cl3NO/c1-12(2)11-20(15(21)16(17,18)19)13(3)9-10-14-7-5-4-6-8-14/h4-10,13H,1,11H2,2-3H3. The maximum Gasteiger partial charge on any atom is 0.275 e. The van der Waals surface area contributed by atoms with Crippen molar-refractivity contribution in [3.8, 4) is 0 Å². The Hall–Kier alpha value is -0.960. The Morgan fingerprint density at radius 3 is 2.38 bits per heavy atom. The van der Waals surface area contributed by atoms with Crippen LogP contribution in [0, 0.1) is 0 Å². The zero-order valence-corrected chi connectivity index (χ0v) is 14.3. The maximum atomic E-state index is 12.2. The lowest BCUT2D eigenvalue weighted by Crippen LogP contribution is -2.44. The number of rotatable bonds is 5. The van der Waals surface area contributed by atoms with Gasteiger partial charge in [-0.1, -0.05) is 89.4 Å². The van der Waals surface area contributed by atoms with Crippen molar-refractivity contribution in [3.63, 3.8) is 0 Å². The summed E-state index contributed by atoms with van der Waals surface area (Å²) in [6, 6.07) is 9.57. The quantitative estimate of drug-likeness (QED) is 0.550. The monoisotopic (exact) mass is 345 g/mol. The van der Waals surface area contributed by atoms with E-state index in [1.165, 1.54) is 4.90 Å². The molecule has 0 radical (unpaired) electrons. The number of carbonyl (C=O) groups excluding carboxylic acids is 1. The summed E-state index contributed by atoms with van der Waals surface area (Å²) in [6.45, 7) is 7.85. The first-order valence-electron chi connectivity index (χ1n) is 6.47. The maximum absolute atomic E-state index is 12.2. The van der Waals surface area contributed by atoms with Crippen LogP contribution in [0.15, 0.2) is 48.6 Å². The summed E-state index contributed by atoms with van der Waals surface area (Å²) < 4.78 is -1.97. The van der Waals surface area contributed by atoms with Crippen LogP contribution in [0.5, 0.6) is 0 Å². The number of carbonyl (C=O) groups is 1. The summed E-state index contributed by atoms with van der Waals surface area (Å²) in [6.07, 6.45) is 3.83. The van der Waals surface area contributed by atoms with Gasteiger partial charge >= 0.3 is 0 Å². The Morgan fingerprint density at radius 2 is 1.90 bits per heavy atom. The first-order valence-corrected chi connectivity index (χ1v) is 7.60. The van der Waals surface area contributed by atoms with E-state index in [1.807, 2.05) is 56.3 Å². The van der Waals surface area contributed by atoms with Gasteiger partial charge in [-0.05, 0) is 19.4 Å². The van der Waals surface area contributed by atoms with Crippen molar-refractivity contribution in [2.75, 3.05) is 6.54 Å². The van der Waals surface area contributed by atoms with Gasteiger partial charge in [0.05, 0.1) is 0 Å². The van der Waals surface area contributed by atoms with E-state index in [2.05, 4.69) is 6.58 Å². The second-order valence-electron chi connectivity index (χ2n) is 4.90. The van der Waals surface area contributed by atoms with Crippen LogP contribution in [0.1, 0.15) is 19.4 Å². The molecule has 0 aliphatic heterocycles. The van der Waals surface area contributed by atoms with Crippen LogP contribution in [0.25, 0.3) is 6.08 Å². The van der Waals surface area contributed by atoms with Crippen molar-refractivity contribution in [2.45, 2.75) is 23.7 Å². The normalized spacial score (nSPS) is 13.2. The molecule has 0 saturated carbocycles. The van der Waals surface area contributed by atoms with Gasteiger partial charge in [0.25, 0.3) is 9.70 Å². The Labute approximate surface area is 141 Å². The van der Waals surface area contributed by atoms with Gasteiger partial charge in [0, 0.05) is 12.6 Å². The second-order valence-corrected chi connectivity index (χ2v) is 7.18. The number of benzene rings is 1. The van der Waals surface area contributed by atoms with E-state index in [9.17, 15) is 4.79 Å². The highest BCUT2D eigenvalue weighted by atomic mass is 35.6. The third-order valence-electron chi connectivity index (χ3n) is 2.80. The minimum Gasteiger partial charge on any atom is -0.329 e. The third kappa shape index (κ3) is 6.13. The molecule has 0 spiro atoms. The van der Waals surface area contributed by atoms with E-state index in [0.717, 1.165) is 11.1 Å². The molecule has 0 heterocycles. The van der Waals surface area contributed by atoms with Crippen LogP contribution in [-0.2, 0) is 4.79 Å². The second kappa shape index (κ2) is 7.88. The van der Waals surface area contributed by atoms with Crippen molar-refractivity contribution >= 4 is 46.8 Å². The number of alkyl halides is 3. The molecule has 1 atom stereocenters. The molecule has 21 heavy (non-hydrogen) atoms. The lowest BCUT2D eigenvalue weighted by atomic mass is 10.1. The van der Waals surface area contributed by atoms with Crippen LogP contribution in [0.3, 0.4) is 0 Å². The highest BCUT2D eigenvalue weighted by Crippen LogP contribution is 2.29. The van der Waals surface area contributed by atoms with Gasteiger partial charge in [-0.2, -0.15) is 0 Å². The largest absolute Gasteiger partial charge is 0.329 e. The van der Waals surface area contributed by atoms with Gasteiger partial charge in [0.15, 0.2) is 0 Å². The Bertz CT molecular complexity index is 520. The van der Waals surface area contributed by atoms with E-state index in [-0.39, 0.29) is 6.04 Å². The van der Waals surface area contributed by atoms with Gasteiger partial charge in [-0.25, -0.2) is 0 Å². The van der Waals surface area contributed by atoms with Gasteiger partial charge in [0.1, 0.15) is 0 Å². The summed E-state index contributed by atoms with van der Waals surface area (Å²) in [5.41, 5.74) is 1.86. The Morgan fingerprint density at radius 1 is 1.33 bits per heavy atom. The van der Waals surface area contributed by atoms with Crippen molar-refractivity contribution in [1.82, 2.24) is 4.90 Å². The average Bonchev–Trinajstić information content (AvgIpc) is 2.41. The fraction of sp³-hybridized carbons (Fsp3) is 0.312. The molecule has 1 aromatic rings. The highest BCUT2D eigenvalue weighted by molar-refractivity contribution is 6.76. The van der Waals surface area contributed by atoms with Gasteiger partial charge < -0.3 is 4.90 Å². The molecule has 0 fully saturated rings. The molecule has 2 nitrogen and oxygen atoms in total. The van der Waals surface area contributed by atoms with Crippen LogP contribution in [-0.4, -0.2) is 27.2 Å². The van der Waals surface area contributed by atoms with E-state index < -0.39 is 9.70 Å². The smallest absolute Gasteiger partial charge is 0.275 e. The minimum atomic E-state index is -1.97. The van der Waals surface area contributed by atoms with Crippen molar-refractivity contribution in [1.29, 1.82) is 0 Å². The summed E-state index contributed by atoms with van der Waals surface area (Å²) >= 11 is 17.1. The molecule has 0 saturated heterocycles. The number of hydrogen-bond donors (Lipinski definition) is 0. The molecular weight excluding hydrogens is 329 g/mol. The van der Waals surface area contributed by atoms with Crippen molar-refractivity contribution in [3.05, 3.63) is 54.1 Å². The molecule has 1 amide bonds. The van der Waals surface area contributed by atoms with Crippen molar-refractivity contribution in [2.24, 2.45) is 0 Å². The number of nitrogens with zero attached hydrogens (tertiary/aromatic N) is 1. The lowest BCUT2D eigenvalue weighted by Gasteiger charge is -2.30. The fourth-order valence-corrected chi connectivity index (χ4v) is 2.10. The van der Waals surface area contributed by atoms with E-state index >= 15 is 0 Å². The molecule has 0 N–H and O–H groups in total. The Balaban J connectivity index is 2.90. The zero-order chi connectivity index (χ0) is 16.0. The average molecular weight is 347 g/mol. The summed E-state index contributed by atoms with van der Waals surface area (Å²) in [5, 5.41) is 0. The molecule has 0 aromatic heterocycles. The minimum absolute atomic E-state index is 0.218. The summed E-state index contributed by atoms with van der Waals surface area (Å²) in [4.78, 5) is 13.7. The predicted molar refractivity (Wildman–Crippen MR) is 91.8 cm³/mol. The molecule has 1 rings (SSSR count). The van der Waals surface area contributed by atoms with E-state index in [1.54, 1.807) is 0 Å². The van der Waals surface area contributed by atoms with Gasteiger partial charge in [-0.15, -0.1) is 0 Å². The molecule has 1 unspecified atom stereocenters. The molecule has 114 valence electrons. The first kappa shape index (κ1) is 18.1. The van der Waals surface area contributed by atoms with Crippen LogP contribution in [0.2, 0.25) is 0 Å². The lowest BCUT2D eigenvalue weighted by molar-refractivity contribution is -0.130. The first-order chi connectivity index (χ1) is 9.71. The molecule has 0 aliphatic carbocycles. The van der Waals surface area contributed by atoms with Crippen LogP contribution < -0.4 is 0 Å². The van der Waals surface area contributed by atoms with Gasteiger partial charge in [-0.3, -0.25) is 4.79 Å². The van der Waals surface area contributed by atoms with Crippen molar-refractivity contribution < 1.29 is 4.79 Å². The summed E-state index contributed by atoms with van der Waals surface area (Å²) in [7, 11) is 0. The number of amides is 1. The Kier molecular flexibility index (Phi) is 6.79. The molecule has 5 heteroatoms. The van der Waals surface area contributed by atoms with E-state index in [0.29, 0.717) is 6.54 Å². The predicted octanol–water partition coefficient (Wildman–Crippen LogP) is 4.86. The van der Waals surface area contributed by atoms with Gasteiger partial charge in [0.2, 0.25) is 0 Å². The SMILES string of the molecule is C=C(C)CN(C(=O)C(Cl)(Cl)Cl)C(C)C=Cc1ccccc1. The molecule has 0 aliphatic rings. The zero-order valence-electron chi connectivity index (χ0n) is 12.0. The van der Waals surface area contributed by atoms with Crippen LogP contribution >= 0.6 is 34.8 Å². The summed E-state index contributed by atoms with van der Waals surface area (Å²) in [5.74, 6) is -0.555. The topological polar surface area (TPSA) is 20.3 Å². The molecule has 1 aromatic carbocycles. The van der Waals surface area contributed by atoms with Crippen LogP contribution in [0.4, 0.5) is 0 Å². The molecular formula is C16H18Cl3NO. The fourth-order valence-electron chi connectivity index (χ4n) is 1.77. The number of halogens is 3.